The molecule has 266 valence electrons. The minimum absolute atomic E-state index is 0.0120. The number of fused-ring (bicyclic) bond motifs is 1. The summed E-state index contributed by atoms with van der Waals surface area (Å²) >= 11 is 0.958. The van der Waals surface area contributed by atoms with E-state index in [1.807, 2.05) is 6.07 Å². The van der Waals surface area contributed by atoms with Gasteiger partial charge in [0.1, 0.15) is 23.3 Å². The van der Waals surface area contributed by atoms with Crippen LogP contribution in [0.4, 0.5) is 5.13 Å². The van der Waals surface area contributed by atoms with Crippen LogP contribution in [0, 0.1) is 0 Å². The van der Waals surface area contributed by atoms with E-state index in [2.05, 4.69) is 30.0 Å². The maximum Gasteiger partial charge on any atom is 0.418 e. The lowest BCUT2D eigenvalue weighted by molar-refractivity contribution is -0.218. The number of thiazole rings is 1. The lowest BCUT2D eigenvalue weighted by Crippen LogP contribution is -2.76. The quantitative estimate of drug-likeness (QED) is 0.0452. The number of amides is 2. The molecule has 2 aromatic rings. The number of hydroxylamine groups is 2. The van der Waals surface area contributed by atoms with E-state index in [1.165, 1.54) is 26.2 Å². The average Bonchev–Trinajstić information content (AvgIpc) is 3.69. The zero-order valence-electron chi connectivity index (χ0n) is 26.5. The fourth-order valence-electron chi connectivity index (χ4n) is 5.64. The van der Waals surface area contributed by atoms with Crippen LogP contribution in [0.25, 0.3) is 0 Å². The maximum absolute atomic E-state index is 13.4. The number of carbonyl (C=O) groups excluding carboxylic acids is 2. The van der Waals surface area contributed by atoms with E-state index in [0.717, 1.165) is 16.9 Å². The molecule has 2 amide bonds. The van der Waals surface area contributed by atoms with Crippen LogP contribution in [0.3, 0.4) is 0 Å². The van der Waals surface area contributed by atoms with Gasteiger partial charge in [0.05, 0.1) is 18.2 Å². The molecule has 3 aliphatic rings. The number of amidine groups is 1. The zero-order valence-corrected chi connectivity index (χ0v) is 28.2. The van der Waals surface area contributed by atoms with Gasteiger partial charge in [-0.3, -0.25) is 19.1 Å². The van der Waals surface area contributed by atoms with Crippen molar-refractivity contribution in [2.75, 3.05) is 18.9 Å². The lowest BCUT2D eigenvalue weighted by atomic mass is 9.84. The van der Waals surface area contributed by atoms with Crippen LogP contribution in [0.2, 0.25) is 0 Å². The van der Waals surface area contributed by atoms with Gasteiger partial charge >= 0.3 is 16.4 Å². The second kappa shape index (κ2) is 13.5. The Kier molecular flexibility index (Phi) is 9.87. The Bertz CT molecular complexity index is 1810. The Morgan fingerprint density at radius 3 is 2.67 bits per heavy atom. The van der Waals surface area contributed by atoms with Gasteiger partial charge in [0, 0.05) is 23.5 Å². The molecule has 49 heavy (non-hydrogen) atoms. The van der Waals surface area contributed by atoms with Crippen LogP contribution >= 0.6 is 11.3 Å². The number of hydrogen-bond donors (Lipinski definition) is 7. The van der Waals surface area contributed by atoms with Crippen molar-refractivity contribution in [3.63, 3.8) is 0 Å². The number of rotatable bonds is 12. The summed E-state index contributed by atoms with van der Waals surface area (Å²) in [6.07, 6.45) is 0.131. The summed E-state index contributed by atoms with van der Waals surface area (Å²) in [5.41, 5.74) is 9.25. The normalized spacial score (nSPS) is 25.1. The van der Waals surface area contributed by atoms with E-state index >= 15 is 0 Å². The number of carboxylic acids is 1. The Balaban J connectivity index is 1.34. The highest BCUT2D eigenvalue weighted by molar-refractivity contribution is 7.80. The van der Waals surface area contributed by atoms with E-state index in [1.54, 1.807) is 12.1 Å². The van der Waals surface area contributed by atoms with E-state index in [-0.39, 0.29) is 35.9 Å². The van der Waals surface area contributed by atoms with Gasteiger partial charge in [0.2, 0.25) is 0 Å². The van der Waals surface area contributed by atoms with Gasteiger partial charge in [0.15, 0.2) is 16.9 Å². The molecule has 2 fully saturated rings. The molecule has 19 nitrogen and oxygen atoms in total. The molecule has 0 saturated carbocycles. The molecule has 2 saturated heterocycles. The molecule has 1 aromatic heterocycles. The summed E-state index contributed by atoms with van der Waals surface area (Å²) in [4.78, 5) is 52.9. The molecule has 0 aliphatic carbocycles. The van der Waals surface area contributed by atoms with Crippen molar-refractivity contribution in [3.8, 4) is 5.75 Å². The largest absolute Gasteiger partial charge is 0.485 e. The van der Waals surface area contributed by atoms with Crippen molar-refractivity contribution in [1.82, 2.24) is 20.7 Å². The number of nitrogen functional groups attached to an aromatic ring is 1. The summed E-state index contributed by atoms with van der Waals surface area (Å²) in [5, 5.41) is 30.9. The highest BCUT2D eigenvalue weighted by Crippen LogP contribution is 2.35. The van der Waals surface area contributed by atoms with Crippen molar-refractivity contribution in [2.24, 2.45) is 15.9 Å². The maximum atomic E-state index is 13.4. The molecule has 0 bridgehead atoms. The fraction of sp³-hybridized carbons (Fsp3) is 0.500. The number of aryl methyl sites for hydroxylation is 1. The number of aromatic nitrogens is 1. The van der Waals surface area contributed by atoms with E-state index < -0.39 is 57.2 Å². The van der Waals surface area contributed by atoms with Crippen LogP contribution in [0.1, 0.15) is 50.4 Å². The lowest BCUT2D eigenvalue weighted by Gasteiger charge is -2.50. The number of anilines is 1. The molecule has 3 unspecified atom stereocenters. The number of carboxylic acid groups (broad SMARTS) is 1. The van der Waals surface area contributed by atoms with Gasteiger partial charge in [-0.1, -0.05) is 5.16 Å². The number of oxime groups is 1. The van der Waals surface area contributed by atoms with E-state index in [4.69, 9.17) is 25.6 Å². The van der Waals surface area contributed by atoms with Crippen molar-refractivity contribution in [3.05, 3.63) is 40.4 Å². The molecular weight excluding hydrogens is 688 g/mol. The first-order chi connectivity index (χ1) is 22.9. The predicted octanol–water partition coefficient (Wildman–Crippen LogP) is -1.05. The number of benzene rings is 1. The molecule has 4 heterocycles. The predicted molar refractivity (Wildman–Crippen MR) is 173 cm³/mol. The number of aliphatic hydroxyl groups is 1. The molecule has 9 N–H and O–H groups in total. The second-order valence-electron chi connectivity index (χ2n) is 12.4. The third-order valence-electron chi connectivity index (χ3n) is 8.51. The number of nitrogens with one attached hydrogen (secondary N) is 2. The smallest absolute Gasteiger partial charge is 0.418 e. The Morgan fingerprint density at radius 1 is 1.35 bits per heavy atom. The van der Waals surface area contributed by atoms with Crippen LogP contribution < -0.4 is 26.8 Å². The number of nitrogens with zero attached hydrogens (tertiary/aromatic N) is 4. The number of nitrogens with two attached hydrogens (primary N) is 2. The first-order valence-electron chi connectivity index (χ1n) is 14.9. The number of aliphatic carboxylic acids is 1. The zero-order chi connectivity index (χ0) is 35.9. The highest BCUT2D eigenvalue weighted by atomic mass is 32.3. The summed E-state index contributed by atoms with van der Waals surface area (Å²) in [6.45, 7) is 4.57. The molecular formula is C28H36N8O11S2. The summed E-state index contributed by atoms with van der Waals surface area (Å²) in [7, 11) is -5.03. The average molecular weight is 725 g/mol. The van der Waals surface area contributed by atoms with Gasteiger partial charge < -0.3 is 41.9 Å². The van der Waals surface area contributed by atoms with Crippen LogP contribution in [-0.4, -0.2) is 111 Å². The summed E-state index contributed by atoms with van der Waals surface area (Å²) in [5.74, 6) is -2.76. The molecule has 5 atom stereocenters. The number of aliphatic hydroxyl groups excluding tert-OH is 1. The van der Waals surface area contributed by atoms with Gasteiger partial charge in [-0.2, -0.15) is 13.5 Å². The Hall–Kier alpha value is -4.41. The third-order valence-corrected chi connectivity index (χ3v) is 9.52. The third kappa shape index (κ3) is 7.45. The first-order valence-corrected chi connectivity index (χ1v) is 17.2. The molecule has 5 rings (SSSR count). The summed E-state index contributed by atoms with van der Waals surface area (Å²) in [6, 6.07) is 3.71. The van der Waals surface area contributed by atoms with Crippen molar-refractivity contribution in [1.29, 1.82) is 0 Å². The van der Waals surface area contributed by atoms with Crippen molar-refractivity contribution >= 4 is 56.2 Å². The highest BCUT2D eigenvalue weighted by Gasteiger charge is 2.58. The van der Waals surface area contributed by atoms with Gasteiger partial charge in [-0.05, 0) is 63.8 Å². The molecule has 0 radical (unpaired) electrons. The molecule has 1 aromatic carbocycles. The minimum atomic E-state index is -5.03. The number of ether oxygens (including phenoxy) is 1. The van der Waals surface area contributed by atoms with Gasteiger partial charge in [0.25, 0.3) is 17.4 Å². The SMILES string of the molecule is CC(ON=C(C(=O)NC1C(=O)N(OS(=O)(=O)O)C1(C)C)c1csc(N)n1)(C(=O)O)C1CCc2cc(C(N)=N[C@H]3CN[C@@H](CO)C3)ccc2O1. The number of β-lactam (4-membered cyclic amide) rings is 1. The van der Waals surface area contributed by atoms with E-state index in [9.17, 15) is 33.0 Å². The minimum Gasteiger partial charge on any atom is -0.485 e. The van der Waals surface area contributed by atoms with Crippen molar-refractivity contribution < 1.29 is 51.4 Å². The number of hydrogen-bond acceptors (Lipinski definition) is 15. The topological polar surface area (TPSA) is 291 Å². The first kappa shape index (κ1) is 35.9. The Labute approximate surface area is 284 Å². The standard InChI is InChI=1S/C28H36N8O11S2/c1-27(2)21(24(39)36(27)47-49(42,43)44)34-23(38)20(17-12-48-26(30)33-17)35-46-28(3,25(40)41)19-7-5-13-8-14(4-6-18(13)45-19)22(29)32-15-9-16(11-37)31-10-15/h4,6,8,12,15-16,19,21,31,37H,5,7,9-11H2,1-3H3,(H2,29,32)(H2,30,33)(H,34,38)(H,40,41)(H,42,43,44)/t15-,16-,19?,21?,28?/m1/s1. The van der Waals surface area contributed by atoms with Gasteiger partial charge in [-0.25, -0.2) is 9.78 Å². The molecule has 21 heteroatoms. The van der Waals surface area contributed by atoms with Crippen molar-refractivity contribution in [2.45, 2.75) is 75.4 Å². The van der Waals surface area contributed by atoms with Crippen LogP contribution in [0.15, 0.2) is 33.7 Å². The summed E-state index contributed by atoms with van der Waals surface area (Å²) < 4.78 is 41.7. The number of carbonyl (C=O) groups is 3. The van der Waals surface area contributed by atoms with Gasteiger partial charge in [-0.15, -0.1) is 15.6 Å². The molecule has 3 aliphatic heterocycles. The van der Waals surface area contributed by atoms with E-state index in [0.29, 0.717) is 41.6 Å². The number of aliphatic imine (C=N–C) groups is 1. The fourth-order valence-corrected chi connectivity index (χ4v) is 6.64. The van der Waals surface area contributed by atoms with Crippen LogP contribution in [-0.2, 0) is 40.3 Å². The monoisotopic (exact) mass is 724 g/mol. The van der Waals surface area contributed by atoms with Crippen LogP contribution in [0.5, 0.6) is 5.75 Å². The Morgan fingerprint density at radius 2 is 2.08 bits per heavy atom. The second-order valence-corrected chi connectivity index (χ2v) is 14.3. The molecule has 0 spiro atoms.